The van der Waals surface area contributed by atoms with Crippen molar-refractivity contribution in [3.05, 3.63) is 32.7 Å². The number of fused-ring (bicyclic) bond motifs is 3. The first-order chi connectivity index (χ1) is 9.61. The van der Waals surface area contributed by atoms with Crippen LogP contribution in [0.15, 0.2) is 4.79 Å². The van der Waals surface area contributed by atoms with Gasteiger partial charge in [0.25, 0.3) is 17.4 Å². The van der Waals surface area contributed by atoms with E-state index in [2.05, 4.69) is 10.6 Å². The van der Waals surface area contributed by atoms with Gasteiger partial charge in [-0.15, -0.1) is 0 Å². The van der Waals surface area contributed by atoms with E-state index in [4.69, 9.17) is 0 Å². The molecule has 0 aromatic carbocycles. The fraction of sp³-hybridized carbons (Fsp3) is 0.500. The Morgan fingerprint density at radius 3 is 2.55 bits per heavy atom. The number of hydrogen-bond acceptors (Lipinski definition) is 3. The molecule has 1 aromatic rings. The first-order valence-corrected chi connectivity index (χ1v) is 6.94. The number of nitrogens with zero attached hydrogens (tertiary/aromatic N) is 1. The summed E-state index contributed by atoms with van der Waals surface area (Å²) in [7, 11) is 0. The van der Waals surface area contributed by atoms with Crippen LogP contribution in [0.2, 0.25) is 0 Å². The molecule has 3 heterocycles. The van der Waals surface area contributed by atoms with Crippen molar-refractivity contribution < 1.29 is 9.59 Å². The second-order valence-corrected chi connectivity index (χ2v) is 5.25. The molecule has 6 heteroatoms. The summed E-state index contributed by atoms with van der Waals surface area (Å²) in [5, 5.41) is 5.56. The highest BCUT2D eigenvalue weighted by Gasteiger charge is 2.29. The number of hydrogen-bond donors (Lipinski definition) is 2. The smallest absolute Gasteiger partial charge is 0.268 e. The number of nitrogens with one attached hydrogen (secondary N) is 2. The summed E-state index contributed by atoms with van der Waals surface area (Å²) in [5.41, 5.74) is 1.70. The molecule has 2 aliphatic rings. The molecule has 0 saturated heterocycles. The van der Waals surface area contributed by atoms with E-state index in [9.17, 15) is 14.4 Å². The molecule has 0 unspecified atom stereocenters. The van der Waals surface area contributed by atoms with Gasteiger partial charge in [0.05, 0.1) is 5.56 Å². The van der Waals surface area contributed by atoms with Crippen LogP contribution in [-0.4, -0.2) is 29.5 Å². The molecule has 1 aromatic heterocycles. The Kier molecular flexibility index (Phi) is 3.08. The van der Waals surface area contributed by atoms with Gasteiger partial charge in [0.2, 0.25) is 0 Å². The molecule has 3 rings (SSSR count). The number of pyridine rings is 1. The van der Waals surface area contributed by atoms with Crippen molar-refractivity contribution in [2.45, 2.75) is 32.7 Å². The molecule has 0 aliphatic carbocycles. The van der Waals surface area contributed by atoms with Crippen molar-refractivity contribution in [2.75, 3.05) is 13.1 Å². The summed E-state index contributed by atoms with van der Waals surface area (Å²) in [6.07, 6.45) is 2.29. The third-order valence-corrected chi connectivity index (χ3v) is 4.00. The van der Waals surface area contributed by atoms with Crippen molar-refractivity contribution in [2.24, 2.45) is 0 Å². The minimum absolute atomic E-state index is 0.229. The largest absolute Gasteiger partial charge is 0.352 e. The molecule has 0 saturated carbocycles. The third kappa shape index (κ3) is 1.83. The molecule has 2 aliphatic heterocycles. The molecule has 0 bridgehead atoms. The molecule has 2 amide bonds. The number of amides is 2. The maximum Gasteiger partial charge on any atom is 0.268 e. The zero-order valence-corrected chi connectivity index (χ0v) is 11.4. The van der Waals surface area contributed by atoms with Crippen LogP contribution in [0.5, 0.6) is 0 Å². The highest BCUT2D eigenvalue weighted by molar-refractivity contribution is 6.03. The Morgan fingerprint density at radius 2 is 1.75 bits per heavy atom. The summed E-state index contributed by atoms with van der Waals surface area (Å²) < 4.78 is 1.54. The first-order valence-electron chi connectivity index (χ1n) is 6.94. The van der Waals surface area contributed by atoms with Crippen LogP contribution < -0.4 is 16.2 Å². The monoisotopic (exact) mass is 275 g/mol. The number of carbonyl (C=O) groups excluding carboxylic acids is 2. The minimum atomic E-state index is -0.251. The predicted octanol–water partition coefficient (Wildman–Crippen LogP) is -0.0338. The maximum absolute atomic E-state index is 12.4. The molecule has 106 valence electrons. The minimum Gasteiger partial charge on any atom is -0.352 e. The quantitative estimate of drug-likeness (QED) is 0.697. The van der Waals surface area contributed by atoms with Crippen molar-refractivity contribution in [3.8, 4) is 0 Å². The molecular weight excluding hydrogens is 258 g/mol. The zero-order valence-electron chi connectivity index (χ0n) is 11.4. The van der Waals surface area contributed by atoms with E-state index < -0.39 is 0 Å². The van der Waals surface area contributed by atoms with Crippen LogP contribution >= 0.6 is 0 Å². The lowest BCUT2D eigenvalue weighted by Gasteiger charge is -2.25. The van der Waals surface area contributed by atoms with Gasteiger partial charge in [-0.05, 0) is 31.7 Å². The van der Waals surface area contributed by atoms with Crippen LogP contribution in [0.4, 0.5) is 0 Å². The number of carbonyl (C=O) groups is 2. The fourth-order valence-corrected chi connectivity index (χ4v) is 3.01. The molecule has 0 spiro atoms. The van der Waals surface area contributed by atoms with E-state index in [0.717, 1.165) is 12.8 Å². The van der Waals surface area contributed by atoms with Gasteiger partial charge >= 0.3 is 0 Å². The standard InChI is InChI=1S/C14H17N3O3/c1-8-10-9(4-6-16-12(10)18)11-13(19)15-5-2-3-7-17(11)14(8)20/h2-7H2,1H3,(H,15,19)(H,16,18). The van der Waals surface area contributed by atoms with E-state index in [1.54, 1.807) is 11.5 Å². The van der Waals surface area contributed by atoms with Crippen LogP contribution in [0.25, 0.3) is 0 Å². The van der Waals surface area contributed by atoms with Crippen LogP contribution in [0, 0.1) is 6.92 Å². The fourth-order valence-electron chi connectivity index (χ4n) is 3.01. The van der Waals surface area contributed by atoms with Crippen molar-refractivity contribution in [1.29, 1.82) is 0 Å². The van der Waals surface area contributed by atoms with Gasteiger partial charge in [-0.25, -0.2) is 0 Å². The van der Waals surface area contributed by atoms with Crippen LogP contribution in [0.3, 0.4) is 0 Å². The van der Waals surface area contributed by atoms with Gasteiger partial charge < -0.3 is 15.2 Å². The predicted molar refractivity (Wildman–Crippen MR) is 73.0 cm³/mol. The van der Waals surface area contributed by atoms with Gasteiger partial charge in [0, 0.05) is 25.2 Å². The average Bonchev–Trinajstić information content (AvgIpc) is 2.40. The first kappa shape index (κ1) is 12.9. The second kappa shape index (κ2) is 4.77. The molecule has 6 nitrogen and oxygen atoms in total. The number of aromatic nitrogens is 1. The second-order valence-electron chi connectivity index (χ2n) is 5.25. The van der Waals surface area contributed by atoms with E-state index >= 15 is 0 Å². The molecular formula is C14H17N3O3. The molecule has 2 N–H and O–H groups in total. The molecule has 0 fully saturated rings. The van der Waals surface area contributed by atoms with E-state index in [1.807, 2.05) is 0 Å². The maximum atomic E-state index is 12.4. The average molecular weight is 275 g/mol. The summed E-state index contributed by atoms with van der Waals surface area (Å²) >= 11 is 0. The molecule has 0 radical (unpaired) electrons. The van der Waals surface area contributed by atoms with E-state index in [-0.39, 0.29) is 17.4 Å². The Labute approximate surface area is 116 Å². The lowest BCUT2D eigenvalue weighted by molar-refractivity contribution is 0.0932. The molecule has 20 heavy (non-hydrogen) atoms. The highest BCUT2D eigenvalue weighted by Crippen LogP contribution is 2.21. The van der Waals surface area contributed by atoms with Crippen molar-refractivity contribution in [1.82, 2.24) is 15.2 Å². The van der Waals surface area contributed by atoms with Gasteiger partial charge in [-0.3, -0.25) is 14.4 Å². The topological polar surface area (TPSA) is 80.2 Å². The zero-order chi connectivity index (χ0) is 14.3. The van der Waals surface area contributed by atoms with Gasteiger partial charge in [-0.2, -0.15) is 0 Å². The Morgan fingerprint density at radius 1 is 1.00 bits per heavy atom. The summed E-state index contributed by atoms with van der Waals surface area (Å²) in [6, 6.07) is 0. The normalized spacial score (nSPS) is 18.2. The molecule has 0 atom stereocenters. The van der Waals surface area contributed by atoms with Gasteiger partial charge in [-0.1, -0.05) is 0 Å². The summed E-state index contributed by atoms with van der Waals surface area (Å²) in [6.45, 7) is 3.32. The number of rotatable bonds is 0. The van der Waals surface area contributed by atoms with Gasteiger partial charge in [0.1, 0.15) is 5.69 Å². The lowest BCUT2D eigenvalue weighted by atomic mass is 9.94. The third-order valence-electron chi connectivity index (χ3n) is 4.00. The Bertz CT molecular complexity index is 661. The van der Waals surface area contributed by atoms with Crippen LogP contribution in [0.1, 0.15) is 44.8 Å². The Balaban J connectivity index is 2.34. The highest BCUT2D eigenvalue weighted by atomic mass is 16.2. The van der Waals surface area contributed by atoms with Gasteiger partial charge in [0.15, 0.2) is 0 Å². The van der Waals surface area contributed by atoms with Crippen LogP contribution in [-0.2, 0) is 13.0 Å². The van der Waals surface area contributed by atoms with Crippen molar-refractivity contribution >= 4 is 11.8 Å². The van der Waals surface area contributed by atoms with E-state index in [0.29, 0.717) is 48.4 Å². The summed E-state index contributed by atoms with van der Waals surface area (Å²) in [4.78, 5) is 36.8. The van der Waals surface area contributed by atoms with E-state index in [1.165, 1.54) is 0 Å². The Hall–Kier alpha value is -2.11. The van der Waals surface area contributed by atoms with Crippen molar-refractivity contribution in [3.63, 3.8) is 0 Å². The summed E-state index contributed by atoms with van der Waals surface area (Å²) in [5.74, 6) is -0.494. The lowest BCUT2D eigenvalue weighted by Crippen LogP contribution is -2.43. The SMILES string of the molecule is Cc1c2c(c3n(c1=O)CCCCNC3=O)CCNC2=O.